The summed E-state index contributed by atoms with van der Waals surface area (Å²) in [6.07, 6.45) is 7.56. The van der Waals surface area contributed by atoms with Gasteiger partial charge in [0.1, 0.15) is 12.4 Å². The van der Waals surface area contributed by atoms with Crippen molar-refractivity contribution in [2.75, 3.05) is 6.61 Å². The van der Waals surface area contributed by atoms with Gasteiger partial charge in [0.2, 0.25) is 0 Å². The van der Waals surface area contributed by atoms with E-state index in [0.29, 0.717) is 5.41 Å². The Hall–Kier alpha value is -0.460. The minimum absolute atomic E-state index is 0.441. The first-order valence-electron chi connectivity index (χ1n) is 4.15. The van der Waals surface area contributed by atoms with Gasteiger partial charge >= 0.3 is 0 Å². The molecule has 1 saturated heterocycles. The molecule has 1 aliphatic carbocycles. The molecule has 2 aliphatic rings. The highest BCUT2D eigenvalue weighted by Crippen LogP contribution is 2.44. The summed E-state index contributed by atoms with van der Waals surface area (Å²) in [7, 11) is 0. The number of allylic oxidation sites excluding steroid dienone is 1. The molecule has 10 heavy (non-hydrogen) atoms. The molecule has 1 heteroatoms. The maximum atomic E-state index is 5.38. The van der Waals surface area contributed by atoms with Crippen molar-refractivity contribution in [3.63, 3.8) is 0 Å². The topological polar surface area (TPSA) is 9.23 Å². The second-order valence-electron chi connectivity index (χ2n) is 3.66. The number of ether oxygens (including phenoxy) is 1. The molecule has 0 amide bonds. The van der Waals surface area contributed by atoms with E-state index < -0.39 is 0 Å². The first-order valence-corrected chi connectivity index (χ1v) is 4.15. The molecule has 1 heterocycles. The van der Waals surface area contributed by atoms with Gasteiger partial charge in [0.25, 0.3) is 0 Å². The third-order valence-electron chi connectivity index (χ3n) is 2.65. The van der Waals surface area contributed by atoms with Crippen LogP contribution in [-0.4, -0.2) is 6.61 Å². The Kier molecular flexibility index (Phi) is 1.26. The van der Waals surface area contributed by atoms with Crippen molar-refractivity contribution in [1.82, 2.24) is 0 Å². The number of rotatable bonds is 0. The molecule has 2 rings (SSSR count). The zero-order valence-corrected chi connectivity index (χ0v) is 6.52. The molecule has 0 saturated carbocycles. The van der Waals surface area contributed by atoms with E-state index in [1.54, 1.807) is 0 Å². The molecule has 0 N–H and O–H groups in total. The van der Waals surface area contributed by atoms with Crippen molar-refractivity contribution in [1.29, 1.82) is 0 Å². The maximum absolute atomic E-state index is 5.38. The zero-order valence-electron chi connectivity index (χ0n) is 6.52. The summed E-state index contributed by atoms with van der Waals surface area (Å²) in [5, 5.41) is 0. The molecule has 1 aliphatic heterocycles. The smallest absolute Gasteiger partial charge is 0.101 e. The molecular weight excluding hydrogens is 124 g/mol. The van der Waals surface area contributed by atoms with Crippen molar-refractivity contribution < 1.29 is 4.74 Å². The number of hydrogen-bond donors (Lipinski definition) is 0. The van der Waals surface area contributed by atoms with E-state index in [2.05, 4.69) is 13.0 Å². The van der Waals surface area contributed by atoms with Crippen LogP contribution in [0.2, 0.25) is 0 Å². The van der Waals surface area contributed by atoms with Gasteiger partial charge in [-0.1, -0.05) is 6.42 Å². The molecule has 0 aromatic heterocycles. The molecule has 0 bridgehead atoms. The van der Waals surface area contributed by atoms with Gasteiger partial charge in [-0.2, -0.15) is 0 Å². The molecule has 0 aromatic rings. The molecule has 56 valence electrons. The van der Waals surface area contributed by atoms with Crippen molar-refractivity contribution in [2.45, 2.75) is 32.6 Å². The molecule has 1 unspecified atom stereocenters. The third kappa shape index (κ3) is 0.764. The van der Waals surface area contributed by atoms with Gasteiger partial charge in [0.05, 0.1) is 5.41 Å². The minimum Gasteiger partial charge on any atom is -0.497 e. The fraction of sp³-hybridized carbons (Fsp3) is 0.778. The van der Waals surface area contributed by atoms with E-state index >= 15 is 0 Å². The Bertz CT molecular complexity index is 172. The quantitative estimate of drug-likeness (QED) is 0.499. The first-order chi connectivity index (χ1) is 4.81. The Labute approximate surface area is 62.1 Å². The molecule has 0 radical (unpaired) electrons. The molecule has 0 aromatic carbocycles. The van der Waals surface area contributed by atoms with E-state index in [9.17, 15) is 0 Å². The first kappa shape index (κ1) is 6.26. The van der Waals surface area contributed by atoms with Gasteiger partial charge in [0, 0.05) is 0 Å². The fourth-order valence-corrected chi connectivity index (χ4v) is 1.80. The van der Waals surface area contributed by atoms with E-state index in [1.165, 1.54) is 31.4 Å². The third-order valence-corrected chi connectivity index (χ3v) is 2.65. The van der Waals surface area contributed by atoms with Crippen LogP contribution in [-0.2, 0) is 4.74 Å². The highest BCUT2D eigenvalue weighted by atomic mass is 16.5. The molecule has 1 nitrogen and oxygen atoms in total. The maximum Gasteiger partial charge on any atom is 0.101 e. The second-order valence-corrected chi connectivity index (χ2v) is 3.66. The van der Waals surface area contributed by atoms with Crippen LogP contribution in [0, 0.1) is 5.41 Å². The lowest BCUT2D eigenvalue weighted by molar-refractivity contribution is -0.0279. The fourth-order valence-electron chi connectivity index (χ4n) is 1.80. The summed E-state index contributed by atoms with van der Waals surface area (Å²) < 4.78 is 5.38. The predicted octanol–water partition coefficient (Wildman–Crippen LogP) is 2.48. The highest BCUT2D eigenvalue weighted by molar-refractivity contribution is 5.14. The van der Waals surface area contributed by atoms with Crippen LogP contribution >= 0.6 is 0 Å². The summed E-state index contributed by atoms with van der Waals surface area (Å²) >= 11 is 0. The summed E-state index contributed by atoms with van der Waals surface area (Å²) in [4.78, 5) is 0. The average Bonchev–Trinajstić information content (AvgIpc) is 2.01. The minimum atomic E-state index is 0.441. The van der Waals surface area contributed by atoms with Gasteiger partial charge in [-0.05, 0) is 32.3 Å². The Balaban J connectivity index is 2.17. The molecular formula is C9H14O. The SMILES string of the molecule is CC12CCCCC=C1OC2. The summed E-state index contributed by atoms with van der Waals surface area (Å²) in [6, 6.07) is 0. The Morgan fingerprint density at radius 1 is 1.50 bits per heavy atom. The lowest BCUT2D eigenvalue weighted by Gasteiger charge is -2.40. The van der Waals surface area contributed by atoms with E-state index in [-0.39, 0.29) is 0 Å². The largest absolute Gasteiger partial charge is 0.497 e. The summed E-state index contributed by atoms with van der Waals surface area (Å²) in [5.41, 5.74) is 0.441. The van der Waals surface area contributed by atoms with E-state index in [1.807, 2.05) is 0 Å². The van der Waals surface area contributed by atoms with Crippen molar-refractivity contribution in [2.24, 2.45) is 5.41 Å². The normalized spacial score (nSPS) is 38.3. The van der Waals surface area contributed by atoms with Crippen LogP contribution in [0.15, 0.2) is 11.8 Å². The van der Waals surface area contributed by atoms with Crippen LogP contribution in [0.25, 0.3) is 0 Å². The van der Waals surface area contributed by atoms with Gasteiger partial charge < -0.3 is 4.74 Å². The van der Waals surface area contributed by atoms with Crippen molar-refractivity contribution in [3.8, 4) is 0 Å². The van der Waals surface area contributed by atoms with E-state index in [0.717, 1.165) is 6.61 Å². The Morgan fingerprint density at radius 3 is 3.10 bits per heavy atom. The summed E-state index contributed by atoms with van der Waals surface area (Å²) in [6.45, 7) is 3.27. The summed E-state index contributed by atoms with van der Waals surface area (Å²) in [5.74, 6) is 1.27. The van der Waals surface area contributed by atoms with E-state index in [4.69, 9.17) is 4.74 Å². The van der Waals surface area contributed by atoms with Crippen molar-refractivity contribution in [3.05, 3.63) is 11.8 Å². The average molecular weight is 138 g/mol. The second kappa shape index (κ2) is 2.01. The van der Waals surface area contributed by atoms with Crippen LogP contribution in [0.5, 0.6) is 0 Å². The molecule has 1 fully saturated rings. The zero-order chi connectivity index (χ0) is 7.03. The monoisotopic (exact) mass is 138 g/mol. The van der Waals surface area contributed by atoms with Gasteiger partial charge in [-0.3, -0.25) is 0 Å². The van der Waals surface area contributed by atoms with Gasteiger partial charge in [-0.15, -0.1) is 0 Å². The predicted molar refractivity (Wildman–Crippen MR) is 40.6 cm³/mol. The molecule has 0 spiro atoms. The lowest BCUT2D eigenvalue weighted by Crippen LogP contribution is -2.36. The Morgan fingerprint density at radius 2 is 2.40 bits per heavy atom. The van der Waals surface area contributed by atoms with Crippen molar-refractivity contribution >= 4 is 0 Å². The van der Waals surface area contributed by atoms with Crippen LogP contribution in [0.3, 0.4) is 0 Å². The van der Waals surface area contributed by atoms with Crippen LogP contribution in [0.4, 0.5) is 0 Å². The number of hydrogen-bond acceptors (Lipinski definition) is 1. The van der Waals surface area contributed by atoms with Gasteiger partial charge in [0.15, 0.2) is 0 Å². The van der Waals surface area contributed by atoms with Crippen LogP contribution < -0.4 is 0 Å². The standard InChI is InChI=1S/C9H14O/c1-9-6-4-2-3-5-8(9)10-7-9/h5H,2-4,6-7H2,1H3. The lowest BCUT2D eigenvalue weighted by atomic mass is 9.81. The number of fused-ring (bicyclic) bond motifs is 1. The highest BCUT2D eigenvalue weighted by Gasteiger charge is 2.40. The molecule has 1 atom stereocenters. The van der Waals surface area contributed by atoms with Gasteiger partial charge in [-0.25, -0.2) is 0 Å². The van der Waals surface area contributed by atoms with Crippen LogP contribution in [0.1, 0.15) is 32.6 Å².